The fraction of sp³-hybridized carbons (Fsp3) is 0.435. The van der Waals surface area contributed by atoms with Crippen LogP contribution in [-0.4, -0.2) is 46.4 Å². The molecule has 164 valence electrons. The molecule has 0 saturated carbocycles. The van der Waals surface area contributed by atoms with Crippen molar-refractivity contribution in [1.82, 2.24) is 10.6 Å². The molecule has 7 heteroatoms. The van der Waals surface area contributed by atoms with Crippen LogP contribution in [0, 0.1) is 6.92 Å². The van der Waals surface area contributed by atoms with Gasteiger partial charge in [0.2, 0.25) is 0 Å². The Morgan fingerprint density at radius 3 is 2.17 bits per heavy atom. The first kappa shape index (κ1) is 24.1. The van der Waals surface area contributed by atoms with Gasteiger partial charge >= 0.3 is 0 Å². The van der Waals surface area contributed by atoms with E-state index < -0.39 is 0 Å². The molecule has 0 amide bonds. The molecule has 6 nitrogen and oxygen atoms in total. The van der Waals surface area contributed by atoms with Crippen LogP contribution in [0.1, 0.15) is 24.0 Å². The maximum absolute atomic E-state index is 5.40. The third kappa shape index (κ3) is 6.68. The summed E-state index contributed by atoms with van der Waals surface area (Å²) in [6.45, 7) is 4.82. The van der Waals surface area contributed by atoms with Gasteiger partial charge in [-0.25, -0.2) is 0 Å². The van der Waals surface area contributed by atoms with Gasteiger partial charge in [0.25, 0.3) is 0 Å². The highest BCUT2D eigenvalue weighted by molar-refractivity contribution is 14.0. The number of ether oxygens (including phenoxy) is 2. The minimum atomic E-state index is 0. The molecule has 0 aliphatic carbocycles. The summed E-state index contributed by atoms with van der Waals surface area (Å²) in [6, 6.07) is 15.0. The van der Waals surface area contributed by atoms with E-state index in [0.717, 1.165) is 55.6 Å². The number of anilines is 1. The molecule has 0 spiro atoms. The van der Waals surface area contributed by atoms with Crippen molar-refractivity contribution in [3.63, 3.8) is 0 Å². The van der Waals surface area contributed by atoms with E-state index >= 15 is 0 Å². The van der Waals surface area contributed by atoms with E-state index in [1.54, 1.807) is 14.2 Å². The lowest BCUT2D eigenvalue weighted by molar-refractivity contribution is 0.393. The Bertz CT molecular complexity index is 796. The highest BCUT2D eigenvalue weighted by Crippen LogP contribution is 2.30. The van der Waals surface area contributed by atoms with Gasteiger partial charge in [-0.2, -0.15) is 0 Å². The minimum absolute atomic E-state index is 0. The van der Waals surface area contributed by atoms with E-state index in [9.17, 15) is 0 Å². The van der Waals surface area contributed by atoms with Crippen LogP contribution in [0.5, 0.6) is 11.5 Å². The molecular formula is C23H33IN4O2. The average molecular weight is 524 g/mol. The Morgan fingerprint density at radius 2 is 1.63 bits per heavy atom. The summed E-state index contributed by atoms with van der Waals surface area (Å²) in [6.07, 6.45) is 2.09. The summed E-state index contributed by atoms with van der Waals surface area (Å²) in [5, 5.41) is 6.98. The molecule has 2 N–H and O–H groups in total. The van der Waals surface area contributed by atoms with Crippen LogP contribution in [0.15, 0.2) is 47.5 Å². The van der Waals surface area contributed by atoms with Crippen LogP contribution in [0.4, 0.5) is 5.69 Å². The average Bonchev–Trinajstić information content (AvgIpc) is 2.77. The van der Waals surface area contributed by atoms with E-state index in [2.05, 4.69) is 63.8 Å². The number of benzene rings is 2. The number of rotatable bonds is 6. The Kier molecular flexibility index (Phi) is 9.55. The SMILES string of the molecule is CN=C(NCc1ccc(C)cc1)NC1CCN(c2cc(OC)cc(OC)c2)CC1.I. The second-order valence-corrected chi connectivity index (χ2v) is 7.39. The molecule has 30 heavy (non-hydrogen) atoms. The molecular weight excluding hydrogens is 491 g/mol. The first-order valence-corrected chi connectivity index (χ1v) is 10.1. The number of hydrogen-bond donors (Lipinski definition) is 2. The van der Waals surface area contributed by atoms with E-state index in [-0.39, 0.29) is 24.0 Å². The van der Waals surface area contributed by atoms with Crippen molar-refractivity contribution in [3.8, 4) is 11.5 Å². The van der Waals surface area contributed by atoms with Crippen molar-refractivity contribution < 1.29 is 9.47 Å². The number of aliphatic imine (C=N–C) groups is 1. The zero-order chi connectivity index (χ0) is 20.6. The smallest absolute Gasteiger partial charge is 0.191 e. The van der Waals surface area contributed by atoms with E-state index in [4.69, 9.17) is 9.47 Å². The van der Waals surface area contributed by atoms with Gasteiger partial charge in [0.15, 0.2) is 5.96 Å². The third-order valence-electron chi connectivity index (χ3n) is 5.34. The predicted octanol–water partition coefficient (Wildman–Crippen LogP) is 3.96. The van der Waals surface area contributed by atoms with Gasteiger partial charge in [-0.3, -0.25) is 4.99 Å². The highest BCUT2D eigenvalue weighted by Gasteiger charge is 2.21. The normalized spacial score (nSPS) is 14.7. The first-order chi connectivity index (χ1) is 14.1. The monoisotopic (exact) mass is 524 g/mol. The van der Waals surface area contributed by atoms with Gasteiger partial charge in [-0.05, 0) is 25.3 Å². The number of piperidine rings is 1. The number of halogens is 1. The maximum atomic E-state index is 5.40. The molecule has 2 aromatic carbocycles. The summed E-state index contributed by atoms with van der Waals surface area (Å²) in [4.78, 5) is 6.77. The molecule has 0 unspecified atom stereocenters. The van der Waals surface area contributed by atoms with Crippen LogP contribution in [0.25, 0.3) is 0 Å². The molecule has 1 aliphatic rings. The zero-order valence-corrected chi connectivity index (χ0v) is 20.6. The first-order valence-electron chi connectivity index (χ1n) is 10.1. The third-order valence-corrected chi connectivity index (χ3v) is 5.34. The van der Waals surface area contributed by atoms with Gasteiger partial charge in [0.05, 0.1) is 14.2 Å². The molecule has 0 bridgehead atoms. The van der Waals surface area contributed by atoms with Gasteiger partial charge in [0, 0.05) is 56.6 Å². The second-order valence-electron chi connectivity index (χ2n) is 7.39. The van der Waals surface area contributed by atoms with Crippen molar-refractivity contribution in [3.05, 3.63) is 53.6 Å². The van der Waals surface area contributed by atoms with E-state index in [0.29, 0.717) is 6.04 Å². The lowest BCUT2D eigenvalue weighted by Gasteiger charge is -2.34. The molecule has 0 aromatic heterocycles. The lowest BCUT2D eigenvalue weighted by atomic mass is 10.0. The van der Waals surface area contributed by atoms with Crippen molar-refractivity contribution in [2.24, 2.45) is 4.99 Å². The fourth-order valence-corrected chi connectivity index (χ4v) is 3.54. The van der Waals surface area contributed by atoms with Crippen molar-refractivity contribution >= 4 is 35.6 Å². The van der Waals surface area contributed by atoms with Crippen LogP contribution in [-0.2, 0) is 6.54 Å². The largest absolute Gasteiger partial charge is 0.497 e. The van der Waals surface area contributed by atoms with Crippen LogP contribution in [0.2, 0.25) is 0 Å². The number of hydrogen-bond acceptors (Lipinski definition) is 4. The summed E-state index contributed by atoms with van der Waals surface area (Å²) >= 11 is 0. The van der Waals surface area contributed by atoms with Crippen molar-refractivity contribution in [2.75, 3.05) is 39.3 Å². The molecule has 0 radical (unpaired) electrons. The van der Waals surface area contributed by atoms with Gasteiger partial charge < -0.3 is 25.0 Å². The maximum Gasteiger partial charge on any atom is 0.191 e. The van der Waals surface area contributed by atoms with Gasteiger partial charge in [-0.15, -0.1) is 24.0 Å². The number of aryl methyl sites for hydroxylation is 1. The standard InChI is InChI=1S/C23H32N4O2.HI/c1-17-5-7-18(8-6-17)16-25-23(24-2)26-19-9-11-27(12-10-19)20-13-21(28-3)15-22(14-20)29-4;/h5-8,13-15,19H,9-12,16H2,1-4H3,(H2,24,25,26);1H. The molecule has 1 fully saturated rings. The van der Waals surface area contributed by atoms with Crippen molar-refractivity contribution in [2.45, 2.75) is 32.4 Å². The molecule has 2 aromatic rings. The Balaban J connectivity index is 0.00000320. The molecule has 3 rings (SSSR count). The number of guanidine groups is 1. The zero-order valence-electron chi connectivity index (χ0n) is 18.3. The number of methoxy groups -OCH3 is 2. The summed E-state index contributed by atoms with van der Waals surface area (Å²) < 4.78 is 10.8. The lowest BCUT2D eigenvalue weighted by Crippen LogP contribution is -2.48. The van der Waals surface area contributed by atoms with E-state index in [1.165, 1.54) is 11.1 Å². The van der Waals surface area contributed by atoms with Gasteiger partial charge in [0.1, 0.15) is 11.5 Å². The number of nitrogens with zero attached hydrogens (tertiary/aromatic N) is 2. The second kappa shape index (κ2) is 11.9. The number of nitrogens with one attached hydrogen (secondary N) is 2. The molecule has 1 heterocycles. The predicted molar refractivity (Wildman–Crippen MR) is 135 cm³/mol. The summed E-state index contributed by atoms with van der Waals surface area (Å²) in [5.41, 5.74) is 3.67. The van der Waals surface area contributed by atoms with Crippen LogP contribution in [0.3, 0.4) is 0 Å². The quantitative estimate of drug-likeness (QED) is 0.341. The Labute approximate surface area is 197 Å². The molecule has 1 saturated heterocycles. The fourth-order valence-electron chi connectivity index (χ4n) is 3.54. The Morgan fingerprint density at radius 1 is 1.03 bits per heavy atom. The molecule has 1 aliphatic heterocycles. The Hall–Kier alpha value is -2.16. The molecule has 0 atom stereocenters. The van der Waals surface area contributed by atoms with Crippen LogP contribution < -0.4 is 25.0 Å². The van der Waals surface area contributed by atoms with E-state index in [1.807, 2.05) is 13.1 Å². The topological polar surface area (TPSA) is 58.1 Å². The van der Waals surface area contributed by atoms with Gasteiger partial charge in [-0.1, -0.05) is 29.8 Å². The summed E-state index contributed by atoms with van der Waals surface area (Å²) in [7, 11) is 5.19. The minimum Gasteiger partial charge on any atom is -0.497 e. The van der Waals surface area contributed by atoms with Crippen molar-refractivity contribution in [1.29, 1.82) is 0 Å². The summed E-state index contributed by atoms with van der Waals surface area (Å²) in [5.74, 6) is 2.49. The highest BCUT2D eigenvalue weighted by atomic mass is 127. The van der Waals surface area contributed by atoms with Crippen LogP contribution >= 0.6 is 24.0 Å².